The number of rotatable bonds is 4. The van der Waals surface area contributed by atoms with Crippen LogP contribution in [0, 0.1) is 11.6 Å². The third kappa shape index (κ3) is 3.50. The number of nitrogens with zero attached hydrogens (tertiary/aromatic N) is 4. The predicted octanol–water partition coefficient (Wildman–Crippen LogP) is 4.02. The Morgan fingerprint density at radius 2 is 1.75 bits per heavy atom. The van der Waals surface area contributed by atoms with Gasteiger partial charge in [-0.2, -0.15) is 5.10 Å². The van der Waals surface area contributed by atoms with Gasteiger partial charge in [-0.05, 0) is 51.7 Å². The number of aromatic amines is 1. The molecule has 0 saturated carbocycles. The normalized spacial score (nSPS) is 27.0. The third-order valence-electron chi connectivity index (χ3n) is 7.00. The summed E-state index contributed by atoms with van der Waals surface area (Å²) in [5.74, 6) is -1.15. The molecule has 2 bridgehead atoms. The van der Waals surface area contributed by atoms with E-state index in [9.17, 15) is 9.50 Å². The lowest BCUT2D eigenvalue weighted by Gasteiger charge is -2.45. The zero-order chi connectivity index (χ0) is 22.7. The highest BCUT2D eigenvalue weighted by Crippen LogP contribution is 2.44. The van der Waals surface area contributed by atoms with Crippen LogP contribution in [-0.4, -0.2) is 49.7 Å². The average molecular weight is 440 g/mol. The molecule has 0 spiro atoms. The van der Waals surface area contributed by atoms with E-state index in [0.717, 1.165) is 31.7 Å². The first-order valence-electron chi connectivity index (χ1n) is 10.7. The summed E-state index contributed by atoms with van der Waals surface area (Å²) in [6.45, 7) is 4.47. The monoisotopic (exact) mass is 440 g/mol. The highest BCUT2D eigenvalue weighted by Gasteiger charge is 2.49. The molecule has 32 heavy (non-hydrogen) atoms. The molecule has 3 aromatic rings. The number of fused-ring (bicyclic) bond motifs is 2. The Bertz CT molecular complexity index is 1150. The first kappa shape index (κ1) is 20.8. The van der Waals surface area contributed by atoms with Crippen molar-refractivity contribution >= 4 is 5.82 Å². The first-order chi connectivity index (χ1) is 15.2. The molecule has 0 radical (unpaired) electrons. The molecule has 168 valence electrons. The molecule has 5 rings (SSSR count). The summed E-state index contributed by atoms with van der Waals surface area (Å²) in [6, 6.07) is 3.81. The maximum atomic E-state index is 15.1. The molecular formula is C23H26F2N6O. The zero-order valence-corrected chi connectivity index (χ0v) is 18.3. The smallest absolute Gasteiger partial charge is 0.155 e. The number of piperidine rings is 1. The maximum absolute atomic E-state index is 15.1. The second-order valence-corrected chi connectivity index (χ2v) is 9.65. The molecule has 1 aromatic carbocycles. The van der Waals surface area contributed by atoms with Gasteiger partial charge in [-0.25, -0.2) is 8.78 Å². The minimum absolute atomic E-state index is 0.0473. The maximum Gasteiger partial charge on any atom is 0.155 e. The van der Waals surface area contributed by atoms with Crippen LogP contribution in [0.25, 0.3) is 22.4 Å². The highest BCUT2D eigenvalue weighted by molar-refractivity contribution is 5.74. The van der Waals surface area contributed by atoms with Gasteiger partial charge in [-0.15, -0.1) is 10.2 Å². The van der Waals surface area contributed by atoms with Gasteiger partial charge in [-0.3, -0.25) is 5.10 Å². The zero-order valence-electron chi connectivity index (χ0n) is 18.3. The van der Waals surface area contributed by atoms with Crippen LogP contribution in [0.5, 0.6) is 5.75 Å². The highest BCUT2D eigenvalue weighted by atomic mass is 19.1. The van der Waals surface area contributed by atoms with Crippen LogP contribution in [0.15, 0.2) is 30.6 Å². The number of phenolic OH excluding ortho intramolecular Hbond substituents is 1. The second kappa shape index (κ2) is 7.23. The van der Waals surface area contributed by atoms with Gasteiger partial charge in [0.1, 0.15) is 17.3 Å². The van der Waals surface area contributed by atoms with E-state index in [2.05, 4.69) is 39.6 Å². The van der Waals surface area contributed by atoms with E-state index in [1.54, 1.807) is 0 Å². The summed E-state index contributed by atoms with van der Waals surface area (Å²) in [5, 5.41) is 28.8. The van der Waals surface area contributed by atoms with Crippen molar-refractivity contribution in [3.8, 4) is 28.1 Å². The SMILES string of the molecule is CN(c1cc(F)c(-c2cc(F)c(-c3cn[nH]c3)cc2O)nn1)[C@@H]1C[C@]2(C)CC[C@](C)(C1)N2. The van der Waals surface area contributed by atoms with Crippen LogP contribution in [0.3, 0.4) is 0 Å². The summed E-state index contributed by atoms with van der Waals surface area (Å²) in [6.07, 6.45) is 7.06. The van der Waals surface area contributed by atoms with Gasteiger partial charge in [0, 0.05) is 53.1 Å². The van der Waals surface area contributed by atoms with Crippen LogP contribution in [0.1, 0.15) is 39.5 Å². The molecule has 2 fully saturated rings. The van der Waals surface area contributed by atoms with Gasteiger partial charge < -0.3 is 15.3 Å². The molecule has 2 aromatic heterocycles. The molecule has 0 unspecified atom stereocenters. The number of aromatic nitrogens is 4. The van der Waals surface area contributed by atoms with E-state index in [1.165, 1.54) is 24.5 Å². The van der Waals surface area contributed by atoms with Crippen molar-refractivity contribution in [1.82, 2.24) is 25.7 Å². The van der Waals surface area contributed by atoms with E-state index in [-0.39, 0.29) is 39.7 Å². The fourth-order valence-electron chi connectivity index (χ4n) is 5.37. The lowest BCUT2D eigenvalue weighted by atomic mass is 9.84. The van der Waals surface area contributed by atoms with Gasteiger partial charge in [0.25, 0.3) is 0 Å². The summed E-state index contributed by atoms with van der Waals surface area (Å²) >= 11 is 0. The lowest BCUT2D eigenvalue weighted by molar-refractivity contribution is 0.207. The van der Waals surface area contributed by atoms with Gasteiger partial charge in [-0.1, -0.05) is 0 Å². The van der Waals surface area contributed by atoms with Gasteiger partial charge in [0.15, 0.2) is 11.6 Å². The number of phenols is 1. The van der Waals surface area contributed by atoms with Gasteiger partial charge in [0.05, 0.1) is 6.20 Å². The second-order valence-electron chi connectivity index (χ2n) is 9.65. The Balaban J connectivity index is 1.43. The van der Waals surface area contributed by atoms with Crippen LogP contribution >= 0.6 is 0 Å². The minimum atomic E-state index is -0.665. The number of aromatic hydroxyl groups is 1. The molecule has 2 saturated heterocycles. The summed E-state index contributed by atoms with van der Waals surface area (Å²) < 4.78 is 29.8. The quantitative estimate of drug-likeness (QED) is 0.568. The average Bonchev–Trinajstić information content (AvgIpc) is 3.34. The number of benzene rings is 1. The molecule has 2 aliphatic rings. The van der Waals surface area contributed by atoms with Crippen molar-refractivity contribution in [2.24, 2.45) is 0 Å². The summed E-state index contributed by atoms with van der Waals surface area (Å²) in [7, 11) is 1.90. The van der Waals surface area contributed by atoms with Crippen molar-refractivity contribution in [3.63, 3.8) is 0 Å². The fourth-order valence-corrected chi connectivity index (χ4v) is 5.37. The molecule has 0 amide bonds. The van der Waals surface area contributed by atoms with Crippen molar-refractivity contribution in [3.05, 3.63) is 42.2 Å². The van der Waals surface area contributed by atoms with E-state index >= 15 is 4.39 Å². The molecular weight excluding hydrogens is 414 g/mol. The lowest BCUT2D eigenvalue weighted by Crippen LogP contribution is -2.58. The van der Waals surface area contributed by atoms with Crippen LogP contribution in [0.4, 0.5) is 14.6 Å². The van der Waals surface area contributed by atoms with Crippen LogP contribution in [-0.2, 0) is 0 Å². The molecule has 0 aliphatic carbocycles. The molecule has 4 heterocycles. The van der Waals surface area contributed by atoms with Gasteiger partial charge >= 0.3 is 0 Å². The fraction of sp³-hybridized carbons (Fsp3) is 0.435. The number of hydrogen-bond acceptors (Lipinski definition) is 6. The largest absolute Gasteiger partial charge is 0.507 e. The Kier molecular flexibility index (Phi) is 4.70. The van der Waals surface area contributed by atoms with Crippen LogP contribution < -0.4 is 10.2 Å². The van der Waals surface area contributed by atoms with Crippen molar-refractivity contribution in [2.45, 2.75) is 56.7 Å². The first-order valence-corrected chi connectivity index (χ1v) is 10.7. The van der Waals surface area contributed by atoms with E-state index in [0.29, 0.717) is 11.4 Å². The van der Waals surface area contributed by atoms with Crippen LogP contribution in [0.2, 0.25) is 0 Å². The number of nitrogens with one attached hydrogen (secondary N) is 2. The number of anilines is 1. The standard InChI is InChI=1S/C23H26F2N6O/c1-22-4-5-23(2,30-22)10-14(9-22)31(3)20-8-18(25)21(29-28-20)16-6-17(24)15(7-19(16)32)13-11-26-27-12-13/h6-8,11-12,14,30,32H,4-5,9-10H2,1-3H3,(H,26,27)/t14-,22+,23-. The molecule has 3 atom stereocenters. The molecule has 2 aliphatic heterocycles. The topological polar surface area (TPSA) is 90.0 Å². The molecule has 9 heteroatoms. The van der Waals surface area contributed by atoms with Crippen molar-refractivity contribution in [1.29, 1.82) is 0 Å². The number of hydrogen-bond donors (Lipinski definition) is 3. The van der Waals surface area contributed by atoms with Crippen molar-refractivity contribution in [2.75, 3.05) is 11.9 Å². The third-order valence-corrected chi connectivity index (χ3v) is 7.00. The predicted molar refractivity (Wildman–Crippen MR) is 117 cm³/mol. The Morgan fingerprint density at radius 1 is 1.03 bits per heavy atom. The number of H-pyrrole nitrogens is 1. The van der Waals surface area contributed by atoms with Gasteiger partial charge in [0.2, 0.25) is 0 Å². The summed E-state index contributed by atoms with van der Waals surface area (Å²) in [5.41, 5.74) is 0.532. The summed E-state index contributed by atoms with van der Waals surface area (Å²) in [4.78, 5) is 1.98. The Morgan fingerprint density at radius 3 is 2.38 bits per heavy atom. The van der Waals surface area contributed by atoms with E-state index in [1.807, 2.05) is 11.9 Å². The van der Waals surface area contributed by atoms with Crippen molar-refractivity contribution < 1.29 is 13.9 Å². The van der Waals surface area contributed by atoms with E-state index < -0.39 is 11.6 Å². The molecule has 7 nitrogen and oxygen atoms in total. The minimum Gasteiger partial charge on any atom is -0.507 e. The Hall–Kier alpha value is -3.07. The van der Waals surface area contributed by atoms with E-state index in [4.69, 9.17) is 0 Å². The number of halogens is 2. The molecule has 3 N–H and O–H groups in total. The Labute approximate surface area is 184 Å².